The van der Waals surface area contributed by atoms with Crippen LogP contribution in [0.5, 0.6) is 0 Å². The first kappa shape index (κ1) is 14.8. The van der Waals surface area contributed by atoms with Gasteiger partial charge in [-0.3, -0.25) is 14.4 Å². The summed E-state index contributed by atoms with van der Waals surface area (Å²) in [6.07, 6.45) is 4.25. The number of nitrogens with one attached hydrogen (secondary N) is 1. The van der Waals surface area contributed by atoms with Crippen LogP contribution < -0.4 is 11.1 Å². The lowest BCUT2D eigenvalue weighted by atomic mass is 9.82. The Labute approximate surface area is 121 Å². The number of aliphatic carboxylic acids is 1. The van der Waals surface area contributed by atoms with Gasteiger partial charge in [-0.15, -0.1) is 0 Å². The summed E-state index contributed by atoms with van der Waals surface area (Å²) in [5.41, 5.74) is 5.75. The SMILES string of the molecule is NC(=O)c1ccccc1NC(=O)C1CC=CCC1C(=O)O. The van der Waals surface area contributed by atoms with Crippen LogP contribution in [0.2, 0.25) is 0 Å². The van der Waals surface area contributed by atoms with Gasteiger partial charge in [0.2, 0.25) is 5.91 Å². The predicted octanol–water partition coefficient (Wildman–Crippen LogP) is 1.39. The van der Waals surface area contributed by atoms with Gasteiger partial charge >= 0.3 is 5.97 Å². The molecule has 4 N–H and O–H groups in total. The Morgan fingerprint density at radius 2 is 1.71 bits per heavy atom. The molecule has 0 aromatic heterocycles. The zero-order valence-corrected chi connectivity index (χ0v) is 11.3. The average Bonchev–Trinajstić information content (AvgIpc) is 2.47. The summed E-state index contributed by atoms with van der Waals surface area (Å²) >= 11 is 0. The van der Waals surface area contributed by atoms with Crippen molar-refractivity contribution in [1.29, 1.82) is 0 Å². The van der Waals surface area contributed by atoms with Crippen molar-refractivity contribution in [3.63, 3.8) is 0 Å². The Morgan fingerprint density at radius 3 is 2.33 bits per heavy atom. The van der Waals surface area contributed by atoms with Gasteiger partial charge < -0.3 is 16.2 Å². The molecule has 1 aromatic rings. The first-order chi connectivity index (χ1) is 10.0. The molecule has 0 heterocycles. The molecular formula is C15H16N2O4. The molecule has 6 heteroatoms. The molecule has 0 spiro atoms. The number of rotatable bonds is 4. The number of amides is 2. The van der Waals surface area contributed by atoms with Gasteiger partial charge in [-0.25, -0.2) is 0 Å². The quantitative estimate of drug-likeness (QED) is 0.727. The Hall–Kier alpha value is -2.63. The number of benzene rings is 1. The number of allylic oxidation sites excluding steroid dienone is 2. The molecule has 110 valence electrons. The molecule has 0 bridgehead atoms. The molecule has 2 unspecified atom stereocenters. The Bertz CT molecular complexity index is 609. The van der Waals surface area contributed by atoms with Crippen molar-refractivity contribution < 1.29 is 19.5 Å². The molecule has 0 radical (unpaired) electrons. The topological polar surface area (TPSA) is 109 Å². The Kier molecular flexibility index (Phi) is 4.37. The number of primary amides is 1. The number of carbonyl (C=O) groups excluding carboxylic acids is 2. The van der Waals surface area contributed by atoms with Crippen LogP contribution in [0.4, 0.5) is 5.69 Å². The summed E-state index contributed by atoms with van der Waals surface area (Å²) in [4.78, 5) is 34.8. The second-order valence-electron chi connectivity index (χ2n) is 4.89. The minimum Gasteiger partial charge on any atom is -0.481 e. The first-order valence-corrected chi connectivity index (χ1v) is 6.58. The van der Waals surface area contributed by atoms with Gasteiger partial charge in [-0.05, 0) is 25.0 Å². The second-order valence-corrected chi connectivity index (χ2v) is 4.89. The van der Waals surface area contributed by atoms with Crippen LogP contribution in [0.1, 0.15) is 23.2 Å². The molecule has 0 aliphatic heterocycles. The van der Waals surface area contributed by atoms with Gasteiger partial charge in [0, 0.05) is 0 Å². The molecule has 2 amide bonds. The van der Waals surface area contributed by atoms with Crippen LogP contribution in [0.15, 0.2) is 36.4 Å². The largest absolute Gasteiger partial charge is 0.481 e. The number of anilines is 1. The smallest absolute Gasteiger partial charge is 0.307 e. The lowest BCUT2D eigenvalue weighted by Gasteiger charge is -2.24. The highest BCUT2D eigenvalue weighted by molar-refractivity contribution is 6.04. The third-order valence-corrected chi connectivity index (χ3v) is 3.54. The van der Waals surface area contributed by atoms with Gasteiger partial charge in [0.05, 0.1) is 23.1 Å². The van der Waals surface area contributed by atoms with E-state index in [-0.39, 0.29) is 5.56 Å². The molecule has 1 aliphatic carbocycles. The molecule has 0 saturated heterocycles. The zero-order chi connectivity index (χ0) is 15.4. The lowest BCUT2D eigenvalue weighted by molar-refractivity contribution is -0.146. The van der Waals surface area contributed by atoms with Gasteiger partial charge in [0.25, 0.3) is 5.91 Å². The van der Waals surface area contributed by atoms with E-state index in [2.05, 4.69) is 5.32 Å². The van der Waals surface area contributed by atoms with Gasteiger partial charge in [0.1, 0.15) is 0 Å². The molecule has 1 aromatic carbocycles. The number of carboxylic acid groups (broad SMARTS) is 1. The third kappa shape index (κ3) is 3.28. The van der Waals surface area contributed by atoms with E-state index in [1.54, 1.807) is 30.4 Å². The number of carboxylic acids is 1. The van der Waals surface area contributed by atoms with Crippen LogP contribution in [0.25, 0.3) is 0 Å². The number of hydrogen-bond donors (Lipinski definition) is 3. The molecule has 2 rings (SSSR count). The van der Waals surface area contributed by atoms with Crippen molar-refractivity contribution in [2.45, 2.75) is 12.8 Å². The normalized spacial score (nSPS) is 20.8. The minimum absolute atomic E-state index is 0.198. The predicted molar refractivity (Wildman–Crippen MR) is 76.6 cm³/mol. The van der Waals surface area contributed by atoms with Gasteiger partial charge in [0.15, 0.2) is 0 Å². The van der Waals surface area contributed by atoms with Crippen molar-refractivity contribution >= 4 is 23.5 Å². The van der Waals surface area contributed by atoms with Crippen LogP contribution >= 0.6 is 0 Å². The van der Waals surface area contributed by atoms with E-state index in [4.69, 9.17) is 5.73 Å². The van der Waals surface area contributed by atoms with Crippen molar-refractivity contribution in [2.24, 2.45) is 17.6 Å². The zero-order valence-electron chi connectivity index (χ0n) is 11.3. The summed E-state index contributed by atoms with van der Waals surface area (Å²) < 4.78 is 0. The summed E-state index contributed by atoms with van der Waals surface area (Å²) in [5, 5.41) is 11.8. The van der Waals surface area contributed by atoms with Crippen LogP contribution in [-0.2, 0) is 9.59 Å². The van der Waals surface area contributed by atoms with E-state index in [0.717, 1.165) is 0 Å². The standard InChI is InChI=1S/C15H16N2O4/c16-13(18)11-7-3-4-8-12(11)17-14(19)9-5-1-2-6-10(9)15(20)21/h1-4,7-10H,5-6H2,(H2,16,18)(H,17,19)(H,20,21). The van der Waals surface area contributed by atoms with Crippen LogP contribution in [0, 0.1) is 11.8 Å². The molecule has 2 atom stereocenters. The number of carbonyl (C=O) groups is 3. The van der Waals surface area contributed by atoms with E-state index in [0.29, 0.717) is 18.5 Å². The molecule has 6 nitrogen and oxygen atoms in total. The summed E-state index contributed by atoms with van der Waals surface area (Å²) in [7, 11) is 0. The van der Waals surface area contributed by atoms with Crippen molar-refractivity contribution in [2.75, 3.05) is 5.32 Å². The highest BCUT2D eigenvalue weighted by Crippen LogP contribution is 2.27. The maximum Gasteiger partial charge on any atom is 0.307 e. The third-order valence-electron chi connectivity index (χ3n) is 3.54. The maximum atomic E-state index is 12.3. The first-order valence-electron chi connectivity index (χ1n) is 6.58. The number of nitrogens with two attached hydrogens (primary N) is 1. The molecule has 1 aliphatic rings. The van der Waals surface area contributed by atoms with E-state index in [9.17, 15) is 19.5 Å². The monoisotopic (exact) mass is 288 g/mol. The van der Waals surface area contributed by atoms with Crippen LogP contribution in [0.3, 0.4) is 0 Å². The molecular weight excluding hydrogens is 272 g/mol. The van der Waals surface area contributed by atoms with E-state index >= 15 is 0 Å². The Morgan fingerprint density at radius 1 is 1.10 bits per heavy atom. The Balaban J connectivity index is 2.20. The summed E-state index contributed by atoms with van der Waals surface area (Å²) in [6, 6.07) is 6.37. The maximum absolute atomic E-state index is 12.3. The van der Waals surface area contributed by atoms with E-state index in [1.165, 1.54) is 6.07 Å². The second kappa shape index (κ2) is 6.21. The summed E-state index contributed by atoms with van der Waals surface area (Å²) in [5.74, 6) is -3.48. The highest BCUT2D eigenvalue weighted by atomic mass is 16.4. The van der Waals surface area contributed by atoms with Crippen molar-refractivity contribution in [1.82, 2.24) is 0 Å². The average molecular weight is 288 g/mol. The van der Waals surface area contributed by atoms with Crippen LogP contribution in [-0.4, -0.2) is 22.9 Å². The number of para-hydroxylation sites is 1. The van der Waals surface area contributed by atoms with Gasteiger partial charge in [-0.2, -0.15) is 0 Å². The van der Waals surface area contributed by atoms with Gasteiger partial charge in [-0.1, -0.05) is 24.3 Å². The van der Waals surface area contributed by atoms with Crippen molar-refractivity contribution in [3.8, 4) is 0 Å². The molecule has 0 saturated carbocycles. The minimum atomic E-state index is -0.998. The summed E-state index contributed by atoms with van der Waals surface area (Å²) in [6.45, 7) is 0. The fourth-order valence-corrected chi connectivity index (χ4v) is 2.41. The fraction of sp³-hybridized carbons (Fsp3) is 0.267. The highest BCUT2D eigenvalue weighted by Gasteiger charge is 2.34. The molecule has 21 heavy (non-hydrogen) atoms. The molecule has 0 fully saturated rings. The fourth-order valence-electron chi connectivity index (χ4n) is 2.41. The van der Waals surface area contributed by atoms with E-state index in [1.807, 2.05) is 0 Å². The van der Waals surface area contributed by atoms with Crippen molar-refractivity contribution in [3.05, 3.63) is 42.0 Å². The van der Waals surface area contributed by atoms with E-state index < -0.39 is 29.6 Å². The lowest BCUT2D eigenvalue weighted by Crippen LogP contribution is -2.35. The number of hydrogen-bond acceptors (Lipinski definition) is 3.